The van der Waals surface area contributed by atoms with Crippen LogP contribution in [0.15, 0.2) is 65.8 Å². The number of rotatable bonds is 8. The molecule has 6 nitrogen and oxygen atoms in total. The molecule has 3 aromatic rings. The van der Waals surface area contributed by atoms with Crippen LogP contribution in [0.2, 0.25) is 0 Å². The molecule has 1 aromatic heterocycles. The van der Waals surface area contributed by atoms with Crippen LogP contribution < -0.4 is 10.2 Å². The van der Waals surface area contributed by atoms with Gasteiger partial charge in [0, 0.05) is 42.6 Å². The summed E-state index contributed by atoms with van der Waals surface area (Å²) in [6.45, 7) is 7.93. The van der Waals surface area contributed by atoms with Crippen molar-refractivity contribution in [1.29, 1.82) is 0 Å². The molecule has 1 aliphatic rings. The van der Waals surface area contributed by atoms with E-state index in [0.29, 0.717) is 31.2 Å². The van der Waals surface area contributed by atoms with E-state index in [1.165, 1.54) is 0 Å². The highest BCUT2D eigenvalue weighted by Crippen LogP contribution is 2.28. The highest BCUT2D eigenvalue weighted by Gasteiger charge is 2.16. The van der Waals surface area contributed by atoms with Gasteiger partial charge in [-0.15, -0.1) is 0 Å². The second-order valence-electron chi connectivity index (χ2n) is 8.45. The molecule has 1 saturated heterocycles. The van der Waals surface area contributed by atoms with Gasteiger partial charge in [-0.2, -0.15) is 0 Å². The molecule has 2 aromatic carbocycles. The topological polar surface area (TPSA) is 67.4 Å². The van der Waals surface area contributed by atoms with Crippen LogP contribution in [0.3, 0.4) is 0 Å². The van der Waals surface area contributed by atoms with Crippen LogP contribution in [0.4, 0.5) is 5.82 Å². The third-order valence-electron chi connectivity index (χ3n) is 5.35. The van der Waals surface area contributed by atoms with Gasteiger partial charge in [-0.3, -0.25) is 4.79 Å². The number of anilines is 1. The Morgan fingerprint density at radius 2 is 1.79 bits per heavy atom. The number of amides is 1. The first-order valence-corrected chi connectivity index (χ1v) is 12.3. The summed E-state index contributed by atoms with van der Waals surface area (Å²) in [7, 11) is 0. The van der Waals surface area contributed by atoms with Gasteiger partial charge in [0.1, 0.15) is 5.82 Å². The number of thioether (sulfide) groups is 1. The highest BCUT2D eigenvalue weighted by atomic mass is 32.2. The van der Waals surface area contributed by atoms with Crippen LogP contribution in [0.1, 0.15) is 29.8 Å². The number of hydrogen-bond donors (Lipinski definition) is 1. The number of aromatic nitrogens is 2. The van der Waals surface area contributed by atoms with Crippen LogP contribution >= 0.6 is 11.8 Å². The van der Waals surface area contributed by atoms with Crippen LogP contribution in [-0.2, 0) is 10.5 Å². The third kappa shape index (κ3) is 6.55. The molecule has 1 aliphatic heterocycles. The molecule has 7 heteroatoms. The second-order valence-corrected chi connectivity index (χ2v) is 9.39. The Balaban J connectivity index is 1.48. The maximum absolute atomic E-state index is 12.2. The zero-order valence-corrected chi connectivity index (χ0v) is 20.0. The Bertz CT molecular complexity index is 1050. The van der Waals surface area contributed by atoms with Crippen molar-refractivity contribution in [1.82, 2.24) is 15.3 Å². The monoisotopic (exact) mass is 462 g/mol. The summed E-state index contributed by atoms with van der Waals surface area (Å²) in [5.74, 6) is 2.07. The lowest BCUT2D eigenvalue weighted by molar-refractivity contribution is 0.0949. The van der Waals surface area contributed by atoms with Gasteiger partial charge < -0.3 is 15.0 Å². The van der Waals surface area contributed by atoms with Gasteiger partial charge in [-0.05, 0) is 23.6 Å². The van der Waals surface area contributed by atoms with Crippen molar-refractivity contribution in [3.05, 3.63) is 71.8 Å². The SMILES string of the molecule is CC(C)CNC(=O)c1ccc(CSc2nc(-c3ccccc3)cc(N3CCOCC3)n2)cc1. The van der Waals surface area contributed by atoms with E-state index in [0.717, 1.165) is 46.6 Å². The number of ether oxygens (including phenoxy) is 1. The number of carbonyl (C=O) groups is 1. The first kappa shape index (κ1) is 23.3. The van der Waals surface area contributed by atoms with Crippen LogP contribution in [-0.4, -0.2) is 48.7 Å². The zero-order valence-electron chi connectivity index (χ0n) is 19.2. The smallest absolute Gasteiger partial charge is 0.251 e. The van der Waals surface area contributed by atoms with Gasteiger partial charge in [0.05, 0.1) is 18.9 Å². The van der Waals surface area contributed by atoms with Gasteiger partial charge in [0.25, 0.3) is 5.91 Å². The number of carbonyl (C=O) groups excluding carboxylic acids is 1. The molecule has 2 heterocycles. The number of benzene rings is 2. The molecule has 0 unspecified atom stereocenters. The zero-order chi connectivity index (χ0) is 23.0. The largest absolute Gasteiger partial charge is 0.378 e. The Labute approximate surface area is 199 Å². The summed E-state index contributed by atoms with van der Waals surface area (Å²) < 4.78 is 5.51. The second kappa shape index (κ2) is 11.3. The maximum atomic E-state index is 12.2. The summed E-state index contributed by atoms with van der Waals surface area (Å²) in [5, 5.41) is 3.70. The van der Waals surface area contributed by atoms with Crippen molar-refractivity contribution >= 4 is 23.5 Å². The van der Waals surface area contributed by atoms with Crippen molar-refractivity contribution in [2.24, 2.45) is 5.92 Å². The summed E-state index contributed by atoms with van der Waals surface area (Å²) in [6, 6.07) is 20.0. The predicted molar refractivity (Wildman–Crippen MR) is 134 cm³/mol. The fourth-order valence-corrected chi connectivity index (χ4v) is 4.30. The summed E-state index contributed by atoms with van der Waals surface area (Å²) in [6.07, 6.45) is 0. The number of nitrogens with zero attached hydrogens (tertiary/aromatic N) is 3. The van der Waals surface area contributed by atoms with Crippen molar-refractivity contribution in [3.8, 4) is 11.3 Å². The van der Waals surface area contributed by atoms with Crippen molar-refractivity contribution in [2.75, 3.05) is 37.7 Å². The lowest BCUT2D eigenvalue weighted by Crippen LogP contribution is -2.36. The molecule has 0 atom stereocenters. The predicted octanol–water partition coefficient (Wildman–Crippen LogP) is 4.66. The van der Waals surface area contributed by atoms with Crippen molar-refractivity contribution in [3.63, 3.8) is 0 Å². The van der Waals surface area contributed by atoms with Crippen molar-refractivity contribution < 1.29 is 9.53 Å². The first-order chi connectivity index (χ1) is 16.1. The maximum Gasteiger partial charge on any atom is 0.251 e. The van der Waals surface area contributed by atoms with Gasteiger partial charge in [0.2, 0.25) is 0 Å². The molecule has 0 aliphatic carbocycles. The highest BCUT2D eigenvalue weighted by molar-refractivity contribution is 7.98. The molecular weight excluding hydrogens is 432 g/mol. The minimum Gasteiger partial charge on any atom is -0.378 e. The molecule has 0 spiro atoms. The molecule has 33 heavy (non-hydrogen) atoms. The summed E-state index contributed by atoms with van der Waals surface area (Å²) >= 11 is 1.61. The Morgan fingerprint density at radius 1 is 1.06 bits per heavy atom. The van der Waals surface area contributed by atoms with Gasteiger partial charge in [-0.25, -0.2) is 9.97 Å². The average Bonchev–Trinajstić information content (AvgIpc) is 2.87. The van der Waals surface area contributed by atoms with E-state index in [1.54, 1.807) is 11.8 Å². The van der Waals surface area contributed by atoms with E-state index in [4.69, 9.17) is 14.7 Å². The van der Waals surface area contributed by atoms with Gasteiger partial charge in [-0.1, -0.05) is 68.1 Å². The van der Waals surface area contributed by atoms with E-state index in [1.807, 2.05) is 42.5 Å². The number of nitrogens with one attached hydrogen (secondary N) is 1. The van der Waals surface area contributed by atoms with Crippen LogP contribution in [0, 0.1) is 5.92 Å². The normalized spacial score (nSPS) is 13.8. The lowest BCUT2D eigenvalue weighted by atomic mass is 10.1. The first-order valence-electron chi connectivity index (χ1n) is 11.4. The van der Waals surface area contributed by atoms with Crippen LogP contribution in [0.25, 0.3) is 11.3 Å². The molecule has 172 valence electrons. The summed E-state index contributed by atoms with van der Waals surface area (Å²) in [4.78, 5) is 24.2. The minimum absolute atomic E-state index is 0.0306. The van der Waals surface area contributed by atoms with E-state index < -0.39 is 0 Å². The quantitative estimate of drug-likeness (QED) is 0.388. The number of hydrogen-bond acceptors (Lipinski definition) is 6. The Morgan fingerprint density at radius 3 is 2.48 bits per heavy atom. The minimum atomic E-state index is -0.0306. The molecule has 0 saturated carbocycles. The number of morpholine rings is 1. The van der Waals surface area contributed by atoms with E-state index >= 15 is 0 Å². The lowest BCUT2D eigenvalue weighted by Gasteiger charge is -2.28. The average molecular weight is 463 g/mol. The Kier molecular flexibility index (Phi) is 7.96. The molecule has 0 bridgehead atoms. The third-order valence-corrected chi connectivity index (χ3v) is 6.27. The fraction of sp³-hybridized carbons (Fsp3) is 0.346. The van der Waals surface area contributed by atoms with E-state index in [2.05, 4.69) is 42.3 Å². The molecule has 0 radical (unpaired) electrons. The van der Waals surface area contributed by atoms with Gasteiger partial charge >= 0.3 is 0 Å². The standard InChI is InChI=1S/C26H30N4O2S/c1-19(2)17-27-25(31)22-10-8-20(9-11-22)18-33-26-28-23(21-6-4-3-5-7-21)16-24(29-26)30-12-14-32-15-13-30/h3-11,16,19H,12-15,17-18H2,1-2H3,(H,27,31). The summed E-state index contributed by atoms with van der Waals surface area (Å²) in [5.41, 5.74) is 3.81. The molecule has 4 rings (SSSR count). The van der Waals surface area contributed by atoms with E-state index in [9.17, 15) is 4.79 Å². The molecule has 1 fully saturated rings. The van der Waals surface area contributed by atoms with Crippen molar-refractivity contribution in [2.45, 2.75) is 24.8 Å². The van der Waals surface area contributed by atoms with E-state index in [-0.39, 0.29) is 5.91 Å². The van der Waals surface area contributed by atoms with Crippen LogP contribution in [0.5, 0.6) is 0 Å². The fourth-order valence-electron chi connectivity index (χ4n) is 3.49. The van der Waals surface area contributed by atoms with Gasteiger partial charge in [0.15, 0.2) is 5.16 Å². The molecule has 1 amide bonds. The Hall–Kier alpha value is -2.90. The molecular formula is C26H30N4O2S. The molecule has 1 N–H and O–H groups in total.